The Kier molecular flexibility index (Phi) is 7.32. The Hall–Kier alpha value is -3.98. The van der Waals surface area contributed by atoms with E-state index in [9.17, 15) is 9.59 Å². The maximum Gasteiger partial charge on any atom is 0.262 e. The molecule has 1 aliphatic heterocycles. The summed E-state index contributed by atoms with van der Waals surface area (Å²) in [5.74, 6) is 1.57. The van der Waals surface area contributed by atoms with Crippen molar-refractivity contribution in [1.82, 2.24) is 9.55 Å². The molecule has 0 bridgehead atoms. The van der Waals surface area contributed by atoms with Gasteiger partial charge in [-0.1, -0.05) is 55.1 Å². The first-order chi connectivity index (χ1) is 18.1. The number of thioether (sulfide) groups is 1. The summed E-state index contributed by atoms with van der Waals surface area (Å²) in [5.41, 5.74) is 2.09. The average Bonchev–Trinajstić information content (AvgIpc) is 3.38. The van der Waals surface area contributed by atoms with Crippen LogP contribution in [0.25, 0.3) is 10.9 Å². The zero-order valence-corrected chi connectivity index (χ0v) is 21.4. The first kappa shape index (κ1) is 24.7. The van der Waals surface area contributed by atoms with Crippen molar-refractivity contribution in [2.45, 2.75) is 36.7 Å². The first-order valence-electron chi connectivity index (χ1n) is 12.1. The molecule has 1 amide bonds. The normalized spacial score (nSPS) is 12.9. The molecule has 9 heteroatoms. The number of carbonyl (C=O) groups excluding carboxylic acids is 1. The van der Waals surface area contributed by atoms with Gasteiger partial charge in [0.15, 0.2) is 16.7 Å². The lowest BCUT2D eigenvalue weighted by atomic mass is 10.1. The number of ether oxygens (including phenoxy) is 3. The highest BCUT2D eigenvalue weighted by Gasteiger charge is 2.24. The van der Waals surface area contributed by atoms with Crippen LogP contribution in [0.15, 0.2) is 76.7 Å². The van der Waals surface area contributed by atoms with Gasteiger partial charge in [0.2, 0.25) is 12.7 Å². The van der Waals surface area contributed by atoms with E-state index in [1.807, 2.05) is 55.5 Å². The van der Waals surface area contributed by atoms with Gasteiger partial charge in [-0.2, -0.15) is 0 Å². The number of carbonyl (C=O) groups is 1. The number of hydrogen-bond donors (Lipinski definition) is 1. The molecule has 3 aromatic carbocycles. The van der Waals surface area contributed by atoms with Crippen molar-refractivity contribution in [3.8, 4) is 17.2 Å². The summed E-state index contributed by atoms with van der Waals surface area (Å²) in [6.45, 7) is 2.47. The number of nitrogens with one attached hydrogen (secondary N) is 1. The molecular formula is C28H27N3O5S. The summed E-state index contributed by atoms with van der Waals surface area (Å²) in [5, 5.41) is 3.43. The van der Waals surface area contributed by atoms with Crippen molar-refractivity contribution >= 4 is 34.3 Å². The van der Waals surface area contributed by atoms with Crippen LogP contribution in [-0.2, 0) is 17.8 Å². The molecule has 1 aromatic heterocycles. The molecule has 37 heavy (non-hydrogen) atoms. The second kappa shape index (κ2) is 11.0. The van der Waals surface area contributed by atoms with Crippen molar-refractivity contribution in [3.05, 3.63) is 82.6 Å². The number of anilines is 1. The molecule has 0 fully saturated rings. The summed E-state index contributed by atoms with van der Waals surface area (Å²) in [6, 6.07) is 20.6. The molecule has 4 aromatic rings. The van der Waals surface area contributed by atoms with Gasteiger partial charge in [0, 0.05) is 24.4 Å². The van der Waals surface area contributed by atoms with Crippen molar-refractivity contribution in [2.24, 2.45) is 0 Å². The lowest BCUT2D eigenvalue weighted by molar-refractivity contribution is -0.115. The highest BCUT2D eigenvalue weighted by molar-refractivity contribution is 8.00. The second-order valence-corrected chi connectivity index (χ2v) is 9.72. The first-order valence-corrected chi connectivity index (χ1v) is 12.9. The third kappa shape index (κ3) is 5.41. The quantitative estimate of drug-likeness (QED) is 0.250. The number of benzene rings is 3. The standard InChI is InChI=1S/C28H27N3O5S/c1-3-25(26(32)29-19-10-7-11-20(14-19)34-2)37-28-30-22-16-24-23(35-17-36-24)15-21(22)27(33)31(28)13-12-18-8-5-4-6-9-18/h4-11,14-16,25H,3,12-13,17H2,1-2H3,(H,29,32). The van der Waals surface area contributed by atoms with E-state index in [0.717, 1.165) is 5.56 Å². The largest absolute Gasteiger partial charge is 0.497 e. The molecule has 0 radical (unpaired) electrons. The van der Waals surface area contributed by atoms with Gasteiger partial charge in [-0.25, -0.2) is 4.98 Å². The summed E-state index contributed by atoms with van der Waals surface area (Å²) >= 11 is 1.29. The zero-order valence-electron chi connectivity index (χ0n) is 20.6. The van der Waals surface area contributed by atoms with Crippen LogP contribution in [0.4, 0.5) is 5.69 Å². The highest BCUT2D eigenvalue weighted by atomic mass is 32.2. The third-order valence-corrected chi connectivity index (χ3v) is 7.48. The third-order valence-electron chi connectivity index (χ3n) is 6.13. The van der Waals surface area contributed by atoms with Crippen LogP contribution in [0.1, 0.15) is 18.9 Å². The molecule has 0 saturated carbocycles. The van der Waals surface area contributed by atoms with E-state index in [-0.39, 0.29) is 18.3 Å². The molecule has 2 heterocycles. The number of aryl methyl sites for hydroxylation is 1. The number of hydrogen-bond acceptors (Lipinski definition) is 7. The van der Waals surface area contributed by atoms with Crippen molar-refractivity contribution in [3.63, 3.8) is 0 Å². The van der Waals surface area contributed by atoms with Crippen molar-refractivity contribution < 1.29 is 19.0 Å². The van der Waals surface area contributed by atoms with Gasteiger partial charge in [0.25, 0.3) is 5.56 Å². The van der Waals surface area contributed by atoms with Crippen molar-refractivity contribution in [1.29, 1.82) is 0 Å². The highest BCUT2D eigenvalue weighted by Crippen LogP contribution is 2.35. The molecule has 0 spiro atoms. The number of fused-ring (bicyclic) bond motifs is 2. The van der Waals surface area contributed by atoms with E-state index < -0.39 is 5.25 Å². The Morgan fingerprint density at radius 3 is 2.65 bits per heavy atom. The van der Waals surface area contributed by atoms with Crippen LogP contribution in [0.5, 0.6) is 17.2 Å². The van der Waals surface area contributed by atoms with E-state index in [0.29, 0.717) is 58.4 Å². The van der Waals surface area contributed by atoms with Crippen LogP contribution in [0.3, 0.4) is 0 Å². The smallest absolute Gasteiger partial charge is 0.262 e. The topological polar surface area (TPSA) is 91.7 Å². The Morgan fingerprint density at radius 1 is 1.11 bits per heavy atom. The van der Waals surface area contributed by atoms with E-state index in [1.165, 1.54) is 11.8 Å². The molecule has 1 aliphatic rings. The lowest BCUT2D eigenvalue weighted by Gasteiger charge is -2.18. The fraction of sp³-hybridized carbons (Fsp3) is 0.250. The molecular weight excluding hydrogens is 490 g/mol. The van der Waals surface area contributed by atoms with Crippen LogP contribution in [0.2, 0.25) is 0 Å². The average molecular weight is 518 g/mol. The lowest BCUT2D eigenvalue weighted by Crippen LogP contribution is -2.28. The van der Waals surface area contributed by atoms with Gasteiger partial charge < -0.3 is 19.5 Å². The second-order valence-electron chi connectivity index (χ2n) is 8.55. The zero-order chi connectivity index (χ0) is 25.8. The molecule has 5 rings (SSSR count). The number of rotatable bonds is 9. The van der Waals surface area contributed by atoms with E-state index >= 15 is 0 Å². The van der Waals surface area contributed by atoms with E-state index in [4.69, 9.17) is 19.2 Å². The monoisotopic (exact) mass is 517 g/mol. The predicted molar refractivity (Wildman–Crippen MR) is 144 cm³/mol. The minimum atomic E-state index is -0.465. The number of methoxy groups -OCH3 is 1. The summed E-state index contributed by atoms with van der Waals surface area (Å²) in [4.78, 5) is 31.7. The molecule has 8 nitrogen and oxygen atoms in total. The fourth-order valence-corrected chi connectivity index (χ4v) is 5.18. The summed E-state index contributed by atoms with van der Waals surface area (Å²) < 4.78 is 17.9. The molecule has 1 atom stereocenters. The molecule has 190 valence electrons. The number of nitrogens with zero attached hydrogens (tertiary/aromatic N) is 2. The minimum Gasteiger partial charge on any atom is -0.497 e. The number of amides is 1. The maximum absolute atomic E-state index is 13.7. The Bertz CT molecular complexity index is 1490. The van der Waals surface area contributed by atoms with Crippen LogP contribution < -0.4 is 25.1 Å². The number of aromatic nitrogens is 2. The van der Waals surface area contributed by atoms with E-state index in [2.05, 4.69) is 5.32 Å². The maximum atomic E-state index is 13.7. The van der Waals surface area contributed by atoms with Gasteiger partial charge in [-0.15, -0.1) is 0 Å². The van der Waals surface area contributed by atoms with Gasteiger partial charge in [-0.3, -0.25) is 14.2 Å². The van der Waals surface area contributed by atoms with Gasteiger partial charge >= 0.3 is 0 Å². The summed E-state index contributed by atoms with van der Waals surface area (Å²) in [7, 11) is 1.58. The van der Waals surface area contributed by atoms with Gasteiger partial charge in [0.1, 0.15) is 5.75 Å². The van der Waals surface area contributed by atoms with Crippen molar-refractivity contribution in [2.75, 3.05) is 19.2 Å². The van der Waals surface area contributed by atoms with E-state index in [1.54, 1.807) is 29.9 Å². The van der Waals surface area contributed by atoms with Crippen LogP contribution in [-0.4, -0.2) is 34.6 Å². The summed E-state index contributed by atoms with van der Waals surface area (Å²) in [6.07, 6.45) is 1.20. The Balaban J connectivity index is 1.48. The predicted octanol–water partition coefficient (Wildman–Crippen LogP) is 4.89. The van der Waals surface area contributed by atoms with Crippen LogP contribution >= 0.6 is 11.8 Å². The Labute approximate surface area is 218 Å². The molecule has 1 N–H and O–H groups in total. The van der Waals surface area contributed by atoms with Crippen LogP contribution in [0, 0.1) is 0 Å². The SMILES string of the molecule is CCC(Sc1nc2cc3c(cc2c(=O)n1CCc1ccccc1)OCO3)C(=O)Nc1cccc(OC)c1. The Morgan fingerprint density at radius 2 is 1.89 bits per heavy atom. The van der Waals surface area contributed by atoms with Gasteiger partial charge in [0.05, 0.1) is 23.3 Å². The molecule has 0 aliphatic carbocycles. The van der Waals surface area contributed by atoms with Gasteiger partial charge in [-0.05, 0) is 36.6 Å². The minimum absolute atomic E-state index is 0.109. The molecule has 1 unspecified atom stereocenters. The fourth-order valence-electron chi connectivity index (χ4n) is 4.14. The molecule has 0 saturated heterocycles.